The fraction of sp³-hybridized carbons (Fsp3) is 0.818. The van der Waals surface area contributed by atoms with Gasteiger partial charge in [0.05, 0.1) is 6.10 Å². The van der Waals surface area contributed by atoms with E-state index in [0.717, 1.165) is 5.57 Å². The van der Waals surface area contributed by atoms with Gasteiger partial charge in [0, 0.05) is 12.8 Å². The molecule has 1 rings (SSSR count). The Bertz CT molecular complexity index is 203. The smallest absolute Gasteiger partial charge is 0.248 e. The molecule has 1 atom stereocenters. The highest BCUT2D eigenvalue weighted by Gasteiger charge is 2.36. The third-order valence-corrected chi connectivity index (χ3v) is 2.86. The zero-order chi connectivity index (χ0) is 10.8. The van der Waals surface area contributed by atoms with Crippen molar-refractivity contribution >= 4 is 0 Å². The third-order valence-electron chi connectivity index (χ3n) is 2.86. The van der Waals surface area contributed by atoms with Crippen LogP contribution in [0.2, 0.25) is 0 Å². The van der Waals surface area contributed by atoms with Crippen LogP contribution in [0.1, 0.15) is 39.0 Å². The summed E-state index contributed by atoms with van der Waals surface area (Å²) in [7, 11) is 0. The summed E-state index contributed by atoms with van der Waals surface area (Å²) in [6.45, 7) is 5.56. The van der Waals surface area contributed by atoms with Crippen LogP contribution in [0.4, 0.5) is 8.78 Å². The molecule has 1 unspecified atom stereocenters. The van der Waals surface area contributed by atoms with Crippen LogP contribution in [0.5, 0.6) is 0 Å². The monoisotopic (exact) mass is 204 g/mol. The number of aliphatic hydroxyl groups excluding tert-OH is 1. The maximum absolute atomic E-state index is 12.8. The number of hydrogen-bond donors (Lipinski definition) is 1. The van der Waals surface area contributed by atoms with Crippen LogP contribution in [0.25, 0.3) is 0 Å². The van der Waals surface area contributed by atoms with Gasteiger partial charge in [-0.25, -0.2) is 8.78 Å². The van der Waals surface area contributed by atoms with Crippen LogP contribution in [0.15, 0.2) is 12.2 Å². The minimum Gasteiger partial charge on any atom is -0.393 e. The molecule has 82 valence electrons. The van der Waals surface area contributed by atoms with Gasteiger partial charge in [0.1, 0.15) is 0 Å². The van der Waals surface area contributed by atoms with Crippen molar-refractivity contribution in [2.24, 2.45) is 5.92 Å². The van der Waals surface area contributed by atoms with Gasteiger partial charge in [0.2, 0.25) is 5.92 Å². The van der Waals surface area contributed by atoms with Crippen molar-refractivity contribution < 1.29 is 13.9 Å². The molecule has 0 bridgehead atoms. The number of halogens is 2. The van der Waals surface area contributed by atoms with Gasteiger partial charge >= 0.3 is 0 Å². The molecule has 1 aliphatic rings. The minimum atomic E-state index is -2.50. The Morgan fingerprint density at radius 2 is 2.00 bits per heavy atom. The van der Waals surface area contributed by atoms with E-state index in [9.17, 15) is 13.9 Å². The van der Waals surface area contributed by atoms with E-state index in [4.69, 9.17) is 0 Å². The van der Waals surface area contributed by atoms with Gasteiger partial charge < -0.3 is 5.11 Å². The lowest BCUT2D eigenvalue weighted by Crippen LogP contribution is -2.31. The van der Waals surface area contributed by atoms with E-state index in [2.05, 4.69) is 6.58 Å². The average Bonchev–Trinajstić information content (AvgIpc) is 2.02. The van der Waals surface area contributed by atoms with Crippen LogP contribution in [-0.4, -0.2) is 17.1 Å². The Kier molecular flexibility index (Phi) is 3.65. The van der Waals surface area contributed by atoms with Crippen LogP contribution >= 0.6 is 0 Å². The maximum Gasteiger partial charge on any atom is 0.248 e. The van der Waals surface area contributed by atoms with E-state index < -0.39 is 12.0 Å². The van der Waals surface area contributed by atoms with Crippen molar-refractivity contribution in [3.05, 3.63) is 12.2 Å². The van der Waals surface area contributed by atoms with Crippen LogP contribution < -0.4 is 0 Å². The van der Waals surface area contributed by atoms with E-state index in [1.54, 1.807) is 0 Å². The Labute approximate surface area is 83.8 Å². The lowest BCUT2D eigenvalue weighted by Gasteiger charge is -2.31. The maximum atomic E-state index is 12.8. The molecule has 3 heteroatoms. The van der Waals surface area contributed by atoms with Crippen molar-refractivity contribution in [3.8, 4) is 0 Å². The van der Waals surface area contributed by atoms with Gasteiger partial charge in [-0.15, -0.1) is 6.58 Å². The van der Waals surface area contributed by atoms with E-state index in [-0.39, 0.29) is 18.8 Å². The van der Waals surface area contributed by atoms with Crippen LogP contribution in [0.3, 0.4) is 0 Å². The Hall–Kier alpha value is -0.440. The Balaban J connectivity index is 2.37. The molecule has 0 aromatic carbocycles. The molecule has 1 aliphatic carbocycles. The summed E-state index contributed by atoms with van der Waals surface area (Å²) in [5.41, 5.74) is 0.912. The number of aliphatic hydroxyl groups is 1. The molecule has 1 nitrogen and oxygen atoms in total. The first-order valence-electron chi connectivity index (χ1n) is 5.11. The fourth-order valence-electron chi connectivity index (χ4n) is 1.97. The van der Waals surface area contributed by atoms with Gasteiger partial charge in [0.15, 0.2) is 0 Å². The average molecular weight is 204 g/mol. The second-order valence-corrected chi connectivity index (χ2v) is 4.42. The summed E-state index contributed by atoms with van der Waals surface area (Å²) in [5, 5.41) is 9.71. The predicted molar refractivity (Wildman–Crippen MR) is 52.3 cm³/mol. The molecule has 0 saturated heterocycles. The molecule has 0 heterocycles. The largest absolute Gasteiger partial charge is 0.393 e. The van der Waals surface area contributed by atoms with Crippen molar-refractivity contribution in [1.29, 1.82) is 0 Å². The summed E-state index contributed by atoms with van der Waals surface area (Å²) in [4.78, 5) is 0. The predicted octanol–water partition coefficient (Wildman–Crippen LogP) is 3.14. The second kappa shape index (κ2) is 4.39. The van der Waals surface area contributed by atoms with Gasteiger partial charge in [0.25, 0.3) is 0 Å². The van der Waals surface area contributed by atoms with Crippen LogP contribution in [0, 0.1) is 5.92 Å². The first-order chi connectivity index (χ1) is 6.41. The molecule has 0 aromatic heterocycles. The van der Waals surface area contributed by atoms with Crippen molar-refractivity contribution in [2.45, 2.75) is 51.1 Å². The Morgan fingerprint density at radius 3 is 2.43 bits per heavy atom. The highest BCUT2D eigenvalue weighted by molar-refractivity contribution is 4.93. The van der Waals surface area contributed by atoms with Crippen LogP contribution in [-0.2, 0) is 0 Å². The van der Waals surface area contributed by atoms with E-state index >= 15 is 0 Å². The first-order valence-corrected chi connectivity index (χ1v) is 5.11. The van der Waals surface area contributed by atoms with Gasteiger partial charge in [-0.3, -0.25) is 0 Å². The lowest BCUT2D eigenvalue weighted by atomic mass is 9.81. The minimum absolute atomic E-state index is 0.0336. The second-order valence-electron chi connectivity index (χ2n) is 4.42. The zero-order valence-electron chi connectivity index (χ0n) is 8.60. The summed E-state index contributed by atoms with van der Waals surface area (Å²) in [6, 6.07) is 0. The number of rotatable bonds is 3. The third kappa shape index (κ3) is 3.37. The highest BCUT2D eigenvalue weighted by atomic mass is 19.3. The lowest BCUT2D eigenvalue weighted by molar-refractivity contribution is -0.0619. The van der Waals surface area contributed by atoms with E-state index in [0.29, 0.717) is 19.3 Å². The topological polar surface area (TPSA) is 20.2 Å². The van der Waals surface area contributed by atoms with Crippen molar-refractivity contribution in [1.82, 2.24) is 0 Å². The number of alkyl halides is 2. The summed E-state index contributed by atoms with van der Waals surface area (Å²) >= 11 is 0. The van der Waals surface area contributed by atoms with Gasteiger partial charge in [-0.1, -0.05) is 5.57 Å². The standard InChI is InChI=1S/C11H18F2O/c1-8(2)7-10(14)9-3-5-11(12,13)6-4-9/h9-10,14H,1,3-7H2,2H3. The van der Waals surface area contributed by atoms with E-state index in [1.807, 2.05) is 6.92 Å². The fourth-order valence-corrected chi connectivity index (χ4v) is 1.97. The SMILES string of the molecule is C=C(C)CC(O)C1CCC(F)(F)CC1. The molecule has 0 aliphatic heterocycles. The summed E-state index contributed by atoms with van der Waals surface area (Å²) in [5.74, 6) is -2.47. The quantitative estimate of drug-likeness (QED) is 0.700. The van der Waals surface area contributed by atoms with Gasteiger partial charge in [-0.05, 0) is 32.1 Å². The number of hydrogen-bond acceptors (Lipinski definition) is 1. The zero-order valence-corrected chi connectivity index (χ0v) is 8.60. The molecular weight excluding hydrogens is 186 g/mol. The van der Waals surface area contributed by atoms with Crippen molar-refractivity contribution in [2.75, 3.05) is 0 Å². The molecule has 1 fully saturated rings. The summed E-state index contributed by atoms with van der Waals surface area (Å²) in [6.07, 6.45) is 0.762. The normalized spacial score (nSPS) is 24.6. The molecule has 0 spiro atoms. The first kappa shape index (κ1) is 11.6. The summed E-state index contributed by atoms with van der Waals surface area (Å²) < 4.78 is 25.6. The molecule has 0 amide bonds. The molecule has 1 N–H and O–H groups in total. The van der Waals surface area contributed by atoms with Crippen molar-refractivity contribution in [3.63, 3.8) is 0 Å². The molecule has 0 aromatic rings. The Morgan fingerprint density at radius 1 is 1.50 bits per heavy atom. The molecule has 1 saturated carbocycles. The van der Waals surface area contributed by atoms with Gasteiger partial charge in [-0.2, -0.15) is 0 Å². The molecule has 14 heavy (non-hydrogen) atoms. The molecular formula is C11H18F2O. The molecule has 0 radical (unpaired) electrons. The highest BCUT2D eigenvalue weighted by Crippen LogP contribution is 2.38. The van der Waals surface area contributed by atoms with E-state index in [1.165, 1.54) is 0 Å².